The zero-order valence-electron chi connectivity index (χ0n) is 11.8. The molecule has 3 N–H and O–H groups in total. The van der Waals surface area contributed by atoms with E-state index in [9.17, 15) is 9.18 Å². The molecule has 2 rings (SSSR count). The van der Waals surface area contributed by atoms with Gasteiger partial charge in [-0.1, -0.05) is 11.8 Å². The van der Waals surface area contributed by atoms with Crippen LogP contribution in [0, 0.1) is 23.6 Å². The van der Waals surface area contributed by atoms with E-state index in [-0.39, 0.29) is 18.0 Å². The number of benzene rings is 1. The van der Waals surface area contributed by atoms with Gasteiger partial charge >= 0.3 is 0 Å². The number of ether oxygens (including phenoxy) is 1. The normalized spacial score (nSPS) is 17.1. The zero-order chi connectivity index (χ0) is 15.1. The van der Waals surface area contributed by atoms with Gasteiger partial charge in [-0.25, -0.2) is 4.39 Å². The molecule has 0 aromatic heterocycles. The van der Waals surface area contributed by atoms with Gasteiger partial charge in [0.2, 0.25) is 0 Å². The Balaban J connectivity index is 1.98. The topological polar surface area (TPSA) is 64.4 Å². The molecule has 0 radical (unpaired) electrons. The highest BCUT2D eigenvalue weighted by Gasteiger charge is 2.16. The lowest BCUT2D eigenvalue weighted by Crippen LogP contribution is -2.27. The van der Waals surface area contributed by atoms with Crippen molar-refractivity contribution < 1.29 is 13.9 Å². The van der Waals surface area contributed by atoms with Crippen LogP contribution in [0.4, 0.5) is 4.39 Å². The molecule has 1 aromatic rings. The maximum atomic E-state index is 13.3. The maximum Gasteiger partial charge on any atom is 0.252 e. The quantitative estimate of drug-likeness (QED) is 0.821. The fourth-order valence-electron chi connectivity index (χ4n) is 2.26. The van der Waals surface area contributed by atoms with Crippen LogP contribution in [-0.2, 0) is 4.74 Å². The second-order valence-electron chi connectivity index (χ2n) is 4.97. The molecule has 4 nitrogen and oxygen atoms in total. The first-order valence-corrected chi connectivity index (χ1v) is 7.05. The molecule has 0 spiro atoms. The lowest BCUT2D eigenvalue weighted by atomic mass is 10.0. The summed E-state index contributed by atoms with van der Waals surface area (Å²) in [6.07, 6.45) is 1.90. The predicted molar refractivity (Wildman–Crippen MR) is 78.2 cm³/mol. The average molecular weight is 290 g/mol. The third kappa shape index (κ3) is 4.55. The van der Waals surface area contributed by atoms with E-state index in [1.165, 1.54) is 18.2 Å². The molecule has 0 saturated carbocycles. The summed E-state index contributed by atoms with van der Waals surface area (Å²) in [6.45, 7) is 2.29. The summed E-state index contributed by atoms with van der Waals surface area (Å²) in [5.41, 5.74) is 6.06. The minimum atomic E-state index is -0.456. The van der Waals surface area contributed by atoms with Gasteiger partial charge < -0.3 is 15.8 Å². The lowest BCUT2D eigenvalue weighted by molar-refractivity contribution is 0.0949. The number of carbonyl (C=O) groups excluding carboxylic acids is 1. The van der Waals surface area contributed by atoms with Gasteiger partial charge in [-0.15, -0.1) is 0 Å². The van der Waals surface area contributed by atoms with Crippen molar-refractivity contribution in [1.29, 1.82) is 0 Å². The van der Waals surface area contributed by atoms with Gasteiger partial charge in [-0.3, -0.25) is 4.79 Å². The Kier molecular flexibility index (Phi) is 5.73. The summed E-state index contributed by atoms with van der Waals surface area (Å²) < 4.78 is 18.6. The minimum Gasteiger partial charge on any atom is -0.381 e. The lowest BCUT2D eigenvalue weighted by Gasteiger charge is -2.10. The third-order valence-electron chi connectivity index (χ3n) is 3.41. The summed E-state index contributed by atoms with van der Waals surface area (Å²) in [5.74, 6) is 5.20. The van der Waals surface area contributed by atoms with E-state index in [2.05, 4.69) is 17.2 Å². The fraction of sp³-hybridized carbons (Fsp3) is 0.438. The molecule has 0 aliphatic carbocycles. The van der Waals surface area contributed by atoms with Crippen LogP contribution >= 0.6 is 0 Å². The van der Waals surface area contributed by atoms with Crippen LogP contribution in [0.1, 0.15) is 28.8 Å². The number of halogens is 1. The third-order valence-corrected chi connectivity index (χ3v) is 3.41. The molecule has 112 valence electrons. The molecule has 0 bridgehead atoms. The molecule has 1 aromatic carbocycles. The number of carbonyl (C=O) groups is 1. The predicted octanol–water partition coefficient (Wildman–Crippen LogP) is 1.29. The van der Waals surface area contributed by atoms with Crippen molar-refractivity contribution in [3.05, 3.63) is 35.1 Å². The van der Waals surface area contributed by atoms with E-state index in [0.717, 1.165) is 26.1 Å². The van der Waals surface area contributed by atoms with Gasteiger partial charge in [0, 0.05) is 25.3 Å². The SMILES string of the molecule is NCC#Cc1ccc(F)cc1C(=O)NCCC1CCOC1. The first kappa shape index (κ1) is 15.5. The van der Waals surface area contributed by atoms with Gasteiger partial charge in [0.05, 0.1) is 12.1 Å². The molecule has 1 aliphatic rings. The van der Waals surface area contributed by atoms with Crippen LogP contribution in [0.2, 0.25) is 0 Å². The number of hydrogen-bond donors (Lipinski definition) is 2. The van der Waals surface area contributed by atoms with Crippen molar-refractivity contribution in [3.63, 3.8) is 0 Å². The van der Waals surface area contributed by atoms with Crippen LogP contribution < -0.4 is 11.1 Å². The van der Waals surface area contributed by atoms with Gasteiger partial charge in [-0.2, -0.15) is 0 Å². The maximum absolute atomic E-state index is 13.3. The van der Waals surface area contributed by atoms with Crippen molar-refractivity contribution in [2.24, 2.45) is 11.7 Å². The van der Waals surface area contributed by atoms with E-state index >= 15 is 0 Å². The first-order valence-electron chi connectivity index (χ1n) is 7.05. The Morgan fingerprint density at radius 3 is 3.10 bits per heavy atom. The smallest absolute Gasteiger partial charge is 0.252 e. The Morgan fingerprint density at radius 1 is 1.52 bits per heavy atom. The largest absolute Gasteiger partial charge is 0.381 e. The molecule has 1 heterocycles. The monoisotopic (exact) mass is 290 g/mol. The van der Waals surface area contributed by atoms with Crippen molar-refractivity contribution in [2.75, 3.05) is 26.3 Å². The van der Waals surface area contributed by atoms with E-state index in [1.807, 2.05) is 0 Å². The number of nitrogens with one attached hydrogen (secondary N) is 1. The highest BCUT2D eigenvalue weighted by atomic mass is 19.1. The molecular formula is C16H19FN2O2. The molecule has 5 heteroatoms. The molecule has 1 aliphatic heterocycles. The molecule has 1 fully saturated rings. The van der Waals surface area contributed by atoms with Gasteiger partial charge in [0.15, 0.2) is 0 Å². The highest BCUT2D eigenvalue weighted by molar-refractivity contribution is 5.96. The highest BCUT2D eigenvalue weighted by Crippen LogP contribution is 2.15. The van der Waals surface area contributed by atoms with Crippen LogP contribution in [0.15, 0.2) is 18.2 Å². The van der Waals surface area contributed by atoms with E-state index in [4.69, 9.17) is 10.5 Å². The summed E-state index contributed by atoms with van der Waals surface area (Å²) >= 11 is 0. The van der Waals surface area contributed by atoms with E-state index in [0.29, 0.717) is 18.0 Å². The summed E-state index contributed by atoms with van der Waals surface area (Å²) in [6, 6.07) is 3.99. The van der Waals surface area contributed by atoms with E-state index < -0.39 is 5.82 Å². The van der Waals surface area contributed by atoms with Gasteiger partial charge in [0.25, 0.3) is 5.91 Å². The van der Waals surface area contributed by atoms with Crippen LogP contribution in [0.5, 0.6) is 0 Å². The van der Waals surface area contributed by atoms with Crippen LogP contribution in [-0.4, -0.2) is 32.2 Å². The zero-order valence-corrected chi connectivity index (χ0v) is 11.8. The number of rotatable bonds is 4. The van der Waals surface area contributed by atoms with Crippen molar-refractivity contribution >= 4 is 5.91 Å². The van der Waals surface area contributed by atoms with Crippen molar-refractivity contribution in [2.45, 2.75) is 12.8 Å². The van der Waals surface area contributed by atoms with Gasteiger partial charge in [-0.05, 0) is 37.0 Å². The second kappa shape index (κ2) is 7.77. The van der Waals surface area contributed by atoms with Crippen molar-refractivity contribution in [3.8, 4) is 11.8 Å². The standard InChI is InChI=1S/C16H19FN2O2/c17-14-4-3-13(2-1-7-18)15(10-14)16(20)19-8-5-12-6-9-21-11-12/h3-4,10,12H,5-9,11,18H2,(H,19,20). The number of amides is 1. The second-order valence-corrected chi connectivity index (χ2v) is 4.97. The molecular weight excluding hydrogens is 271 g/mol. The number of hydrogen-bond acceptors (Lipinski definition) is 3. The number of nitrogens with two attached hydrogens (primary N) is 1. The minimum absolute atomic E-state index is 0.195. The Hall–Kier alpha value is -1.90. The van der Waals surface area contributed by atoms with Gasteiger partial charge in [0.1, 0.15) is 5.82 Å². The summed E-state index contributed by atoms with van der Waals surface area (Å²) in [5, 5.41) is 2.81. The van der Waals surface area contributed by atoms with E-state index in [1.54, 1.807) is 0 Å². The Morgan fingerprint density at radius 2 is 2.38 bits per heavy atom. The van der Waals surface area contributed by atoms with Crippen molar-refractivity contribution in [1.82, 2.24) is 5.32 Å². The molecule has 21 heavy (non-hydrogen) atoms. The summed E-state index contributed by atoms with van der Waals surface area (Å²) in [4.78, 5) is 12.1. The average Bonchev–Trinajstić information content (AvgIpc) is 2.99. The summed E-state index contributed by atoms with van der Waals surface area (Å²) in [7, 11) is 0. The fourth-order valence-corrected chi connectivity index (χ4v) is 2.26. The Labute approximate surface area is 123 Å². The molecule has 1 unspecified atom stereocenters. The first-order chi connectivity index (χ1) is 10.2. The molecule has 1 saturated heterocycles. The Bertz CT molecular complexity index is 557. The van der Waals surface area contributed by atoms with Crippen LogP contribution in [0.3, 0.4) is 0 Å². The molecule has 1 atom stereocenters. The molecule has 1 amide bonds. The van der Waals surface area contributed by atoms with Crippen LogP contribution in [0.25, 0.3) is 0 Å².